The largest absolute Gasteiger partial charge is 0.468 e. The molecular weight excluding hydrogens is 240 g/mol. The van der Waals surface area contributed by atoms with Crippen LogP contribution in [0.5, 0.6) is 0 Å². The molecule has 1 aromatic heterocycles. The van der Waals surface area contributed by atoms with Crippen LogP contribution in [0.15, 0.2) is 22.8 Å². The van der Waals surface area contributed by atoms with Gasteiger partial charge in [0, 0.05) is 6.04 Å². The topological polar surface area (TPSA) is 71.3 Å². The van der Waals surface area contributed by atoms with Crippen molar-refractivity contribution in [2.45, 2.75) is 31.8 Å². The summed E-state index contributed by atoms with van der Waals surface area (Å²) in [6.07, 6.45) is 4.63. The normalized spacial score (nSPS) is 16.2. The lowest BCUT2D eigenvalue weighted by Crippen LogP contribution is -2.28. The van der Waals surface area contributed by atoms with E-state index in [-0.39, 0.29) is 12.3 Å². The second kappa shape index (κ2) is 5.66. The van der Waals surface area contributed by atoms with E-state index in [1.54, 1.807) is 12.1 Å². The van der Waals surface area contributed by atoms with Crippen LogP contribution < -0.4 is 10.0 Å². The molecule has 2 rings (SSSR count). The average molecular weight is 258 g/mol. The molecule has 96 valence electrons. The highest BCUT2D eigenvalue weighted by atomic mass is 32.2. The molecular formula is C11H18N2O3S. The quantitative estimate of drug-likeness (QED) is 0.678. The van der Waals surface area contributed by atoms with Crippen molar-refractivity contribution >= 4 is 10.0 Å². The van der Waals surface area contributed by atoms with Crippen molar-refractivity contribution in [3.8, 4) is 0 Å². The standard InChI is InChI=1S/C11H18N2O3S/c14-17(15,8-2-6-12-10-4-5-10)13-9-11-3-1-7-16-11/h1,3,7,10,12-13H,2,4-6,8-9H2. The van der Waals surface area contributed by atoms with Crippen LogP contribution in [0.25, 0.3) is 0 Å². The van der Waals surface area contributed by atoms with Gasteiger partial charge in [-0.1, -0.05) is 0 Å². The second-order valence-corrected chi connectivity index (χ2v) is 6.23. The van der Waals surface area contributed by atoms with Gasteiger partial charge >= 0.3 is 0 Å². The molecule has 2 N–H and O–H groups in total. The van der Waals surface area contributed by atoms with E-state index in [0.29, 0.717) is 18.2 Å². The minimum Gasteiger partial charge on any atom is -0.468 e. The Morgan fingerprint density at radius 2 is 2.24 bits per heavy atom. The van der Waals surface area contributed by atoms with Crippen LogP contribution in [0, 0.1) is 0 Å². The molecule has 17 heavy (non-hydrogen) atoms. The SMILES string of the molecule is O=S(=O)(CCCNC1CC1)NCc1ccco1. The number of nitrogens with one attached hydrogen (secondary N) is 2. The van der Waals surface area contributed by atoms with Crippen LogP contribution in [0.3, 0.4) is 0 Å². The summed E-state index contributed by atoms with van der Waals surface area (Å²) in [5.74, 6) is 0.789. The Morgan fingerprint density at radius 1 is 1.41 bits per heavy atom. The molecule has 1 aliphatic carbocycles. The molecule has 1 saturated carbocycles. The highest BCUT2D eigenvalue weighted by Crippen LogP contribution is 2.18. The van der Waals surface area contributed by atoms with Gasteiger partial charge < -0.3 is 9.73 Å². The number of hydrogen-bond donors (Lipinski definition) is 2. The number of sulfonamides is 1. The Balaban J connectivity index is 1.63. The van der Waals surface area contributed by atoms with Gasteiger partial charge in [0.05, 0.1) is 18.6 Å². The molecule has 0 radical (unpaired) electrons. The predicted molar refractivity (Wildman–Crippen MR) is 65.0 cm³/mol. The zero-order valence-electron chi connectivity index (χ0n) is 9.69. The van der Waals surface area contributed by atoms with Crippen LogP contribution >= 0.6 is 0 Å². The lowest BCUT2D eigenvalue weighted by molar-refractivity contribution is 0.498. The van der Waals surface area contributed by atoms with Gasteiger partial charge in [-0.15, -0.1) is 0 Å². The average Bonchev–Trinajstić information content (AvgIpc) is 2.96. The zero-order chi connectivity index (χ0) is 12.1. The fraction of sp³-hybridized carbons (Fsp3) is 0.636. The summed E-state index contributed by atoms with van der Waals surface area (Å²) in [6, 6.07) is 4.12. The van der Waals surface area contributed by atoms with Crippen molar-refractivity contribution in [2.75, 3.05) is 12.3 Å². The Morgan fingerprint density at radius 3 is 2.88 bits per heavy atom. The van der Waals surface area contributed by atoms with Crippen molar-refractivity contribution in [2.24, 2.45) is 0 Å². The summed E-state index contributed by atoms with van der Waals surface area (Å²) in [4.78, 5) is 0. The van der Waals surface area contributed by atoms with Crippen LogP contribution in [0.4, 0.5) is 0 Å². The number of hydrogen-bond acceptors (Lipinski definition) is 4. The molecule has 0 aromatic carbocycles. The van der Waals surface area contributed by atoms with E-state index in [9.17, 15) is 8.42 Å². The fourth-order valence-electron chi connectivity index (χ4n) is 1.52. The summed E-state index contributed by atoms with van der Waals surface area (Å²) in [6.45, 7) is 0.998. The number of furan rings is 1. The van der Waals surface area contributed by atoms with Gasteiger partial charge in [0.15, 0.2) is 0 Å². The van der Waals surface area contributed by atoms with E-state index < -0.39 is 10.0 Å². The van der Waals surface area contributed by atoms with Crippen LogP contribution in [0.1, 0.15) is 25.0 Å². The maximum Gasteiger partial charge on any atom is 0.212 e. The third kappa shape index (κ3) is 4.89. The number of rotatable bonds is 8. The lowest BCUT2D eigenvalue weighted by Gasteiger charge is -2.05. The zero-order valence-corrected chi connectivity index (χ0v) is 10.5. The summed E-state index contributed by atoms with van der Waals surface area (Å²) in [7, 11) is -3.19. The van der Waals surface area contributed by atoms with Crippen molar-refractivity contribution in [3.63, 3.8) is 0 Å². The van der Waals surface area contributed by atoms with Crippen molar-refractivity contribution < 1.29 is 12.8 Å². The van der Waals surface area contributed by atoms with Gasteiger partial charge in [-0.05, 0) is 37.9 Å². The van der Waals surface area contributed by atoms with Gasteiger partial charge in [-0.3, -0.25) is 0 Å². The van der Waals surface area contributed by atoms with Gasteiger partial charge in [0.2, 0.25) is 10.0 Å². The van der Waals surface area contributed by atoms with Gasteiger partial charge in [0.1, 0.15) is 5.76 Å². The molecule has 0 unspecified atom stereocenters. The Kier molecular flexibility index (Phi) is 4.20. The Hall–Kier alpha value is -0.850. The first-order valence-corrected chi connectivity index (χ1v) is 7.54. The molecule has 6 heteroatoms. The van der Waals surface area contributed by atoms with Gasteiger partial charge in [-0.2, -0.15) is 0 Å². The van der Waals surface area contributed by atoms with E-state index in [2.05, 4.69) is 10.0 Å². The third-order valence-corrected chi connectivity index (χ3v) is 4.06. The molecule has 1 aliphatic rings. The summed E-state index contributed by atoms with van der Waals surface area (Å²) >= 11 is 0. The van der Waals surface area contributed by atoms with E-state index in [1.807, 2.05) is 0 Å². The Labute approximate surface area is 102 Å². The highest BCUT2D eigenvalue weighted by Gasteiger charge is 2.20. The van der Waals surface area contributed by atoms with Crippen LogP contribution in [-0.4, -0.2) is 26.8 Å². The van der Waals surface area contributed by atoms with Crippen molar-refractivity contribution in [1.82, 2.24) is 10.0 Å². The minimum absolute atomic E-state index is 0.160. The molecule has 0 atom stereocenters. The monoisotopic (exact) mass is 258 g/mol. The van der Waals surface area contributed by atoms with E-state index in [0.717, 1.165) is 6.54 Å². The first kappa shape index (κ1) is 12.6. The van der Waals surface area contributed by atoms with Crippen LogP contribution in [-0.2, 0) is 16.6 Å². The van der Waals surface area contributed by atoms with Gasteiger partial charge in [0.25, 0.3) is 0 Å². The summed E-state index contributed by atoms with van der Waals surface area (Å²) < 4.78 is 30.8. The van der Waals surface area contributed by atoms with E-state index in [1.165, 1.54) is 19.1 Å². The first-order chi connectivity index (χ1) is 8.16. The maximum atomic E-state index is 11.6. The molecule has 0 amide bonds. The van der Waals surface area contributed by atoms with Crippen LogP contribution in [0.2, 0.25) is 0 Å². The smallest absolute Gasteiger partial charge is 0.212 e. The molecule has 5 nitrogen and oxygen atoms in total. The van der Waals surface area contributed by atoms with Crippen molar-refractivity contribution in [3.05, 3.63) is 24.2 Å². The van der Waals surface area contributed by atoms with E-state index in [4.69, 9.17) is 4.42 Å². The lowest BCUT2D eigenvalue weighted by atomic mass is 10.5. The second-order valence-electron chi connectivity index (χ2n) is 4.30. The molecule has 1 heterocycles. The maximum absolute atomic E-state index is 11.6. The molecule has 0 aliphatic heterocycles. The van der Waals surface area contributed by atoms with Crippen molar-refractivity contribution in [1.29, 1.82) is 0 Å². The summed E-state index contributed by atoms with van der Waals surface area (Å²) in [5.41, 5.74) is 0. The minimum atomic E-state index is -3.19. The van der Waals surface area contributed by atoms with E-state index >= 15 is 0 Å². The predicted octanol–water partition coefficient (Wildman–Crippen LogP) is 0.841. The molecule has 1 aromatic rings. The Bertz CT molecular complexity index is 424. The highest BCUT2D eigenvalue weighted by molar-refractivity contribution is 7.89. The molecule has 0 saturated heterocycles. The molecule has 1 fully saturated rings. The third-order valence-electron chi connectivity index (χ3n) is 2.65. The summed E-state index contributed by atoms with van der Waals surface area (Å²) in [5, 5.41) is 3.29. The van der Waals surface area contributed by atoms with Gasteiger partial charge in [-0.25, -0.2) is 13.1 Å². The first-order valence-electron chi connectivity index (χ1n) is 5.89. The molecule has 0 spiro atoms. The fourth-order valence-corrected chi connectivity index (χ4v) is 2.55. The molecule has 0 bridgehead atoms.